The van der Waals surface area contributed by atoms with Crippen molar-refractivity contribution in [3.8, 4) is 0 Å². The smallest absolute Gasteiger partial charge is 0.246 e. The van der Waals surface area contributed by atoms with Crippen LogP contribution in [0.25, 0.3) is 0 Å². The predicted molar refractivity (Wildman–Crippen MR) is 339 cm³/mol. The minimum atomic E-state index is -1.72. The second kappa shape index (κ2) is 32.2. The van der Waals surface area contributed by atoms with E-state index in [0.717, 1.165) is 4.90 Å². The summed E-state index contributed by atoms with van der Waals surface area (Å²) in [6, 6.07) is -13.0. The summed E-state index contributed by atoms with van der Waals surface area (Å²) in [4.78, 5) is 174. The average Bonchev–Trinajstić information content (AvgIpc) is 1.37. The number of allylic oxidation sites excluding steroid dienone is 1. The molecule has 3 aliphatic rings. The van der Waals surface area contributed by atoms with Gasteiger partial charge < -0.3 is 55.8 Å². The minimum Gasteiger partial charge on any atom is -0.390 e. The Labute approximate surface area is 526 Å². The molecule has 0 aliphatic carbocycles. The number of likely N-dealkylation sites (N-methyl/N-ethyl adjacent to an activating group) is 6. The third-order valence-electron chi connectivity index (χ3n) is 18.6. The molecule has 16 atom stereocenters. The first-order valence-electron chi connectivity index (χ1n) is 32.3. The van der Waals surface area contributed by atoms with Crippen molar-refractivity contribution in [1.82, 2.24) is 50.7 Å². The van der Waals surface area contributed by atoms with Crippen molar-refractivity contribution in [3.05, 3.63) is 12.2 Å². The lowest BCUT2D eigenvalue weighted by atomic mass is 9.73. The van der Waals surface area contributed by atoms with Crippen LogP contribution in [0.4, 0.5) is 0 Å². The molecule has 500 valence electrons. The molecule has 0 aromatic heterocycles. The molecule has 0 aromatic rings. The van der Waals surface area contributed by atoms with E-state index in [1.54, 1.807) is 67.5 Å². The van der Waals surface area contributed by atoms with Gasteiger partial charge in [-0.05, 0) is 106 Å². The van der Waals surface area contributed by atoms with E-state index in [1.807, 2.05) is 55.4 Å². The maximum absolute atomic E-state index is 15.5. The van der Waals surface area contributed by atoms with Crippen LogP contribution in [0.1, 0.15) is 170 Å². The van der Waals surface area contributed by atoms with E-state index >= 15 is 33.6 Å². The molecule has 0 aromatic carbocycles. The number of aliphatic hydroxyl groups is 1. The molecule has 22 heteroatoms. The summed E-state index contributed by atoms with van der Waals surface area (Å²) in [7, 11) is 8.68. The minimum absolute atomic E-state index is 0.00337. The molecular weight excluding hydrogens is 1120 g/mol. The van der Waals surface area contributed by atoms with Crippen molar-refractivity contribution in [2.75, 3.05) is 42.3 Å². The van der Waals surface area contributed by atoms with Gasteiger partial charge in [0.1, 0.15) is 54.4 Å². The second-order valence-electron chi connectivity index (χ2n) is 28.8. The lowest BCUT2D eigenvalue weighted by molar-refractivity contribution is -0.156. The molecule has 3 rings (SSSR count). The number of hydrogen-bond acceptors (Lipinski definition) is 12. The molecule has 1 fully saturated rings. The van der Waals surface area contributed by atoms with Crippen molar-refractivity contribution < 1.29 is 57.8 Å². The Hall–Kier alpha value is -5.93. The van der Waals surface area contributed by atoms with Crippen molar-refractivity contribution >= 4 is 64.9 Å². The fourth-order valence-corrected chi connectivity index (χ4v) is 13.7. The Morgan fingerprint density at radius 1 is 0.523 bits per heavy atom. The van der Waals surface area contributed by atoms with Gasteiger partial charge in [-0.25, -0.2) is 0 Å². The number of carbonyl (C=O) groups is 11. The topological polar surface area (TPSA) is 276 Å². The van der Waals surface area contributed by atoms with Gasteiger partial charge in [-0.1, -0.05) is 123 Å². The molecule has 1 saturated heterocycles. The van der Waals surface area contributed by atoms with Crippen LogP contribution in [-0.4, -0.2) is 208 Å². The SMILES string of the molecule is CCC1NC(=O)[C@@H]2[C@H](O)C(C)C/C=C/[C@@](C)(CC(C)C)C(C(=O)NC(C)C(=O)NC(C)C(=O)C3C(C)CC(C(=O)N(C)C(C(C)C)C(=O)N2C)N(C)C(=O)[C@H]3CC(C)C)N(C)C(=O)[C@H](C(C)C)NC(=O)C(CC(C)C)N(C)C(=O)[C@H](CC(C)C)N(C)C1=O. The molecule has 5 N–H and O–H groups in total. The first-order chi connectivity index (χ1) is 40.6. The van der Waals surface area contributed by atoms with Gasteiger partial charge in [0, 0.05) is 59.5 Å². The first-order valence-corrected chi connectivity index (χ1v) is 32.3. The number of nitrogens with zero attached hydrogens (tertiary/aromatic N) is 6. The van der Waals surface area contributed by atoms with Crippen LogP contribution < -0.4 is 21.3 Å². The van der Waals surface area contributed by atoms with Crippen LogP contribution in [0.15, 0.2) is 12.2 Å². The third kappa shape index (κ3) is 18.2. The molecule has 10 amide bonds. The van der Waals surface area contributed by atoms with E-state index in [4.69, 9.17) is 0 Å². The number of Topliss-reactive ketones (excluding diaryl/α,β-unsaturated/α-hetero) is 1. The number of nitrogens with one attached hydrogen (secondary N) is 4. The summed E-state index contributed by atoms with van der Waals surface area (Å²) in [5.41, 5.74) is -1.29. The van der Waals surface area contributed by atoms with Gasteiger partial charge in [-0.2, -0.15) is 0 Å². The summed E-state index contributed by atoms with van der Waals surface area (Å²) in [6.45, 7) is 32.1. The Morgan fingerprint density at radius 2 is 1.06 bits per heavy atom. The summed E-state index contributed by atoms with van der Waals surface area (Å²) < 4.78 is 0. The highest BCUT2D eigenvalue weighted by atomic mass is 16.3. The third-order valence-corrected chi connectivity index (χ3v) is 18.6. The number of likely N-dealkylation sites (tertiary alicyclic amines) is 1. The number of amides is 10. The summed E-state index contributed by atoms with van der Waals surface area (Å²) >= 11 is 0. The quantitative estimate of drug-likeness (QED) is 0.177. The number of ketones is 1. The lowest BCUT2D eigenvalue weighted by Gasteiger charge is -2.43. The van der Waals surface area contributed by atoms with Crippen molar-refractivity contribution in [2.24, 2.45) is 64.6 Å². The summed E-state index contributed by atoms with van der Waals surface area (Å²) in [5, 5.41) is 24.2. The summed E-state index contributed by atoms with van der Waals surface area (Å²) in [6.07, 6.45) is 2.69. The van der Waals surface area contributed by atoms with E-state index < -0.39 is 172 Å². The molecule has 3 heterocycles. The largest absolute Gasteiger partial charge is 0.390 e. The molecule has 0 spiro atoms. The van der Waals surface area contributed by atoms with Gasteiger partial charge in [0.15, 0.2) is 5.78 Å². The lowest BCUT2D eigenvalue weighted by Crippen LogP contribution is -2.64. The number of rotatable bonds is 11. The van der Waals surface area contributed by atoms with Crippen LogP contribution in [0, 0.1) is 64.6 Å². The normalized spacial score (nSPS) is 33.2. The van der Waals surface area contributed by atoms with Crippen LogP contribution in [0.2, 0.25) is 0 Å². The Morgan fingerprint density at radius 3 is 1.57 bits per heavy atom. The van der Waals surface area contributed by atoms with Crippen molar-refractivity contribution in [1.29, 1.82) is 0 Å². The zero-order valence-electron chi connectivity index (χ0n) is 57.9. The van der Waals surface area contributed by atoms with Gasteiger partial charge in [-0.15, -0.1) is 0 Å². The molecule has 22 nitrogen and oxygen atoms in total. The maximum Gasteiger partial charge on any atom is 0.246 e. The number of hydrogen-bond donors (Lipinski definition) is 5. The van der Waals surface area contributed by atoms with Crippen molar-refractivity contribution in [2.45, 2.75) is 236 Å². The average molecular weight is 1240 g/mol. The van der Waals surface area contributed by atoms with Gasteiger partial charge in [0.2, 0.25) is 59.1 Å². The van der Waals surface area contributed by atoms with Crippen molar-refractivity contribution in [3.63, 3.8) is 0 Å². The zero-order valence-corrected chi connectivity index (χ0v) is 57.9. The van der Waals surface area contributed by atoms with E-state index in [0.29, 0.717) is 0 Å². The Balaban J connectivity index is 2.63. The van der Waals surface area contributed by atoms with Gasteiger partial charge in [0.25, 0.3) is 0 Å². The number of aliphatic hydroxyl groups excluding tert-OH is 1. The number of carbonyl (C=O) groups excluding carboxylic acids is 11. The van der Waals surface area contributed by atoms with Crippen LogP contribution >= 0.6 is 0 Å². The highest BCUT2D eigenvalue weighted by Crippen LogP contribution is 2.39. The number of fused-ring (bicyclic) bond motifs is 9. The second-order valence-corrected chi connectivity index (χ2v) is 28.8. The van der Waals surface area contributed by atoms with Gasteiger partial charge in [-0.3, -0.25) is 52.7 Å². The predicted octanol–water partition coefficient (Wildman–Crippen LogP) is 4.65. The molecule has 10 unspecified atom stereocenters. The highest BCUT2D eigenvalue weighted by Gasteiger charge is 2.51. The van der Waals surface area contributed by atoms with E-state index in [2.05, 4.69) is 21.3 Å². The van der Waals surface area contributed by atoms with E-state index in [-0.39, 0.29) is 68.6 Å². The van der Waals surface area contributed by atoms with E-state index in [9.17, 15) is 24.3 Å². The summed E-state index contributed by atoms with van der Waals surface area (Å²) in [5.74, 6) is -12.3. The monoisotopic (exact) mass is 1240 g/mol. The first kappa shape index (κ1) is 76.3. The van der Waals surface area contributed by atoms with Crippen LogP contribution in [0.5, 0.6) is 0 Å². The fourth-order valence-electron chi connectivity index (χ4n) is 13.7. The molecule has 0 saturated carbocycles. The standard InChI is InChI=1S/C66H114N10O12/c1-25-45-61(84)73(21)47(31-36(6)7)62(85)71(19)46(30-35(4)5)57(80)70-50(38(10)11)64(87)76(24)55-59(82)68-43(17)56(79)67-42(16)54(78)49-41(15)32-48(72(20)60(83)44(49)29-34(2)3)63(86)74(22)51(39(12)13)65(88)75(23)52(58(81)69-45)53(77)40(14)27-26-28-66(55,18)33-37(8)9/h26,28,34-53,55,77H,25,27,29-33H2,1-24H3,(H,67,79)(H,68,82)(H,69,81)(H,70,80)/b28-26+/t40?,41?,42?,43?,44-,45?,46?,47-,48?,49?,50-,51?,52-,53+,55?,66-/m0/s1. The molecule has 3 aliphatic heterocycles. The maximum atomic E-state index is 15.5. The van der Waals surface area contributed by atoms with Gasteiger partial charge in [0.05, 0.1) is 12.1 Å². The van der Waals surface area contributed by atoms with Gasteiger partial charge >= 0.3 is 0 Å². The Bertz CT molecular complexity index is 2530. The molecule has 88 heavy (non-hydrogen) atoms. The zero-order chi connectivity index (χ0) is 67.6. The Kier molecular flexibility index (Phi) is 27.9. The van der Waals surface area contributed by atoms with Crippen LogP contribution in [0.3, 0.4) is 0 Å². The molecule has 0 radical (unpaired) electrons. The van der Waals surface area contributed by atoms with E-state index in [1.165, 1.54) is 80.6 Å². The van der Waals surface area contributed by atoms with Crippen LogP contribution in [-0.2, 0) is 52.7 Å². The molecule has 4 bridgehead atoms. The highest BCUT2D eigenvalue weighted by molar-refractivity contribution is 6.01. The molecular formula is C66H114N10O12. The fraction of sp³-hybridized carbons (Fsp3) is 0.803.